The first-order valence-corrected chi connectivity index (χ1v) is 13.5. The van der Waals surface area contributed by atoms with Gasteiger partial charge in [-0.3, -0.25) is 9.69 Å². The highest BCUT2D eigenvalue weighted by Crippen LogP contribution is 2.50. The molecule has 1 saturated heterocycles. The topological polar surface area (TPSA) is 96.1 Å². The van der Waals surface area contributed by atoms with Gasteiger partial charge in [0.15, 0.2) is 5.17 Å². The van der Waals surface area contributed by atoms with Crippen molar-refractivity contribution >= 4 is 56.0 Å². The number of rotatable bonds is 4. The summed E-state index contributed by atoms with van der Waals surface area (Å²) in [6.07, 6.45) is 0. The zero-order valence-corrected chi connectivity index (χ0v) is 20.5. The van der Waals surface area contributed by atoms with Crippen molar-refractivity contribution < 1.29 is 13.2 Å². The molecule has 2 aliphatic rings. The van der Waals surface area contributed by atoms with Gasteiger partial charge in [0.05, 0.1) is 27.8 Å². The van der Waals surface area contributed by atoms with Crippen molar-refractivity contribution in [3.8, 4) is 0 Å². The number of nitrogens with zero attached hydrogens (tertiary/aromatic N) is 3. The standard InChI is InChI=1S/C24H20N4O3S3/c1-27-19-9-5-6-10-20(19)32-23(27)21-22(29)28(15-16-7-3-2-4-8-16)24(33-21)26-17-11-13-18(14-12-17)34(25,30)31/h2-14H,15H2,1H3,(H2,25,30,31)/b23-21-,26-24-. The normalized spacial score (nSPS) is 19.2. The smallest absolute Gasteiger partial charge is 0.269 e. The fraction of sp³-hybridized carbons (Fsp3) is 0.0833. The highest BCUT2D eigenvalue weighted by atomic mass is 32.2. The van der Waals surface area contributed by atoms with Gasteiger partial charge in [-0.25, -0.2) is 18.5 Å². The number of primary sulfonamides is 1. The van der Waals surface area contributed by atoms with Crippen LogP contribution in [0.4, 0.5) is 11.4 Å². The first kappa shape index (κ1) is 22.7. The number of sulfonamides is 1. The molecule has 10 heteroatoms. The summed E-state index contributed by atoms with van der Waals surface area (Å²) in [7, 11) is -1.84. The average molecular weight is 509 g/mol. The number of fused-ring (bicyclic) bond motifs is 1. The van der Waals surface area contributed by atoms with Crippen LogP contribution in [0.15, 0.2) is 104 Å². The van der Waals surface area contributed by atoms with Gasteiger partial charge in [-0.2, -0.15) is 0 Å². The van der Waals surface area contributed by atoms with E-state index in [9.17, 15) is 13.2 Å². The van der Waals surface area contributed by atoms with Crippen molar-refractivity contribution in [2.75, 3.05) is 11.9 Å². The lowest BCUT2D eigenvalue weighted by atomic mass is 10.2. The number of aliphatic imine (C=N–C) groups is 1. The van der Waals surface area contributed by atoms with Gasteiger partial charge in [-0.1, -0.05) is 54.2 Å². The van der Waals surface area contributed by atoms with Crippen molar-refractivity contribution in [2.45, 2.75) is 16.3 Å². The van der Waals surface area contributed by atoms with Crippen LogP contribution in [0.3, 0.4) is 0 Å². The summed E-state index contributed by atoms with van der Waals surface area (Å²) >= 11 is 2.89. The molecule has 1 amide bonds. The monoisotopic (exact) mass is 508 g/mol. The third-order valence-electron chi connectivity index (χ3n) is 5.37. The molecule has 0 aliphatic carbocycles. The van der Waals surface area contributed by atoms with Gasteiger partial charge in [-0.05, 0) is 53.7 Å². The number of benzene rings is 3. The van der Waals surface area contributed by atoms with Crippen molar-refractivity contribution in [2.24, 2.45) is 10.1 Å². The number of carbonyl (C=O) groups excluding carboxylic acids is 1. The van der Waals surface area contributed by atoms with Crippen LogP contribution in [0.5, 0.6) is 0 Å². The highest BCUT2D eigenvalue weighted by Gasteiger charge is 2.39. The molecule has 5 rings (SSSR count). The predicted octanol–water partition coefficient (Wildman–Crippen LogP) is 4.51. The quantitative estimate of drug-likeness (QED) is 0.521. The molecule has 0 atom stereocenters. The molecule has 34 heavy (non-hydrogen) atoms. The zero-order valence-electron chi connectivity index (χ0n) is 18.1. The van der Waals surface area contributed by atoms with Crippen LogP contribution in [-0.4, -0.2) is 31.4 Å². The van der Waals surface area contributed by atoms with Crippen LogP contribution >= 0.6 is 23.5 Å². The number of amides is 1. The zero-order chi connectivity index (χ0) is 23.9. The number of hydrogen-bond donors (Lipinski definition) is 1. The number of nitrogens with two attached hydrogens (primary N) is 1. The Morgan fingerprint density at radius 2 is 1.59 bits per heavy atom. The SMILES string of the molecule is CN1/C(=C2/S/C(=N\c3ccc(S(N)(=O)=O)cc3)N(Cc3ccccc3)C2=O)Sc2ccccc21. The lowest BCUT2D eigenvalue weighted by Crippen LogP contribution is -2.29. The van der Waals surface area contributed by atoms with Crippen LogP contribution in [-0.2, 0) is 21.4 Å². The molecule has 2 heterocycles. The van der Waals surface area contributed by atoms with Gasteiger partial charge in [-0.15, -0.1) is 0 Å². The van der Waals surface area contributed by atoms with Crippen LogP contribution in [0, 0.1) is 0 Å². The van der Waals surface area contributed by atoms with E-state index in [2.05, 4.69) is 0 Å². The second kappa shape index (κ2) is 8.95. The van der Waals surface area contributed by atoms with Gasteiger partial charge in [0.2, 0.25) is 10.0 Å². The fourth-order valence-corrected chi connectivity index (χ4v) is 6.50. The summed E-state index contributed by atoms with van der Waals surface area (Å²) in [5.74, 6) is -0.115. The molecular formula is C24H20N4O3S3. The van der Waals surface area contributed by atoms with Crippen molar-refractivity contribution in [3.63, 3.8) is 0 Å². The molecule has 2 N–H and O–H groups in total. The van der Waals surface area contributed by atoms with Crippen LogP contribution < -0.4 is 10.0 Å². The number of amidine groups is 1. The molecule has 7 nitrogen and oxygen atoms in total. The molecule has 2 aliphatic heterocycles. The molecule has 0 spiro atoms. The average Bonchev–Trinajstić information content (AvgIpc) is 3.31. The first-order chi connectivity index (χ1) is 16.3. The van der Waals surface area contributed by atoms with Gasteiger partial charge in [0, 0.05) is 11.9 Å². The molecule has 0 radical (unpaired) electrons. The van der Waals surface area contributed by atoms with Crippen LogP contribution in [0.1, 0.15) is 5.56 Å². The van der Waals surface area contributed by atoms with Crippen molar-refractivity contribution in [3.05, 3.63) is 94.4 Å². The van der Waals surface area contributed by atoms with Gasteiger partial charge in [0.25, 0.3) is 5.91 Å². The van der Waals surface area contributed by atoms with E-state index in [0.29, 0.717) is 22.3 Å². The molecule has 3 aromatic rings. The molecule has 0 saturated carbocycles. The third kappa shape index (κ3) is 4.37. The largest absolute Gasteiger partial charge is 0.337 e. The fourth-order valence-electron chi connectivity index (χ4n) is 3.65. The first-order valence-electron chi connectivity index (χ1n) is 10.3. The number of anilines is 1. The maximum atomic E-state index is 13.6. The van der Waals surface area contributed by atoms with Gasteiger partial charge >= 0.3 is 0 Å². The second-order valence-corrected chi connectivity index (χ2v) is 11.2. The summed E-state index contributed by atoms with van der Waals surface area (Å²) in [4.78, 5) is 23.7. The number of para-hydroxylation sites is 1. The summed E-state index contributed by atoms with van der Waals surface area (Å²) in [6, 6.07) is 23.7. The summed E-state index contributed by atoms with van der Waals surface area (Å²) in [5, 5.41) is 6.60. The Hall–Kier alpha value is -3.05. The molecular weight excluding hydrogens is 488 g/mol. The van der Waals surface area contributed by atoms with Gasteiger partial charge in [0.1, 0.15) is 4.91 Å². The summed E-state index contributed by atoms with van der Waals surface area (Å²) in [5.41, 5.74) is 2.57. The number of carbonyl (C=O) groups is 1. The Labute approximate surface area is 206 Å². The lowest BCUT2D eigenvalue weighted by molar-refractivity contribution is -0.122. The highest BCUT2D eigenvalue weighted by molar-refractivity contribution is 8.19. The molecule has 3 aromatic carbocycles. The Bertz CT molecular complexity index is 1440. The maximum absolute atomic E-state index is 13.6. The molecule has 172 valence electrons. The van der Waals surface area contributed by atoms with E-state index in [1.807, 2.05) is 66.5 Å². The predicted molar refractivity (Wildman–Crippen MR) is 137 cm³/mol. The van der Waals surface area contributed by atoms with Crippen LogP contribution in [0.2, 0.25) is 0 Å². The minimum Gasteiger partial charge on any atom is -0.337 e. The van der Waals surface area contributed by atoms with E-state index in [0.717, 1.165) is 21.2 Å². The Balaban J connectivity index is 1.54. The minimum absolute atomic E-state index is 0.0114. The molecule has 1 fully saturated rings. The minimum atomic E-state index is -3.79. The maximum Gasteiger partial charge on any atom is 0.269 e. The Morgan fingerprint density at radius 1 is 0.912 bits per heavy atom. The van der Waals surface area contributed by atoms with E-state index in [4.69, 9.17) is 10.1 Å². The van der Waals surface area contributed by atoms with E-state index in [-0.39, 0.29) is 10.8 Å². The number of thioether (sulfide) groups is 2. The summed E-state index contributed by atoms with van der Waals surface area (Å²) in [6.45, 7) is 0.374. The lowest BCUT2D eigenvalue weighted by Gasteiger charge is -2.17. The molecule has 0 bridgehead atoms. The van der Waals surface area contributed by atoms with Crippen LogP contribution in [0.25, 0.3) is 0 Å². The number of hydrogen-bond acceptors (Lipinski definition) is 7. The Kier molecular flexibility index (Phi) is 5.98. The van der Waals surface area contributed by atoms with Crippen molar-refractivity contribution in [1.82, 2.24) is 4.90 Å². The van der Waals surface area contributed by atoms with E-state index >= 15 is 0 Å². The van der Waals surface area contributed by atoms with Gasteiger partial charge < -0.3 is 4.90 Å². The van der Waals surface area contributed by atoms with E-state index < -0.39 is 10.0 Å². The van der Waals surface area contributed by atoms with E-state index in [1.165, 1.54) is 23.9 Å². The summed E-state index contributed by atoms with van der Waals surface area (Å²) < 4.78 is 23.1. The molecule has 0 aromatic heterocycles. The Morgan fingerprint density at radius 3 is 2.26 bits per heavy atom. The third-order valence-corrected chi connectivity index (χ3v) is 8.73. The van der Waals surface area contributed by atoms with Crippen molar-refractivity contribution in [1.29, 1.82) is 0 Å². The second-order valence-electron chi connectivity index (χ2n) is 7.68. The van der Waals surface area contributed by atoms with E-state index in [1.54, 1.807) is 28.8 Å². The molecule has 0 unspecified atom stereocenters.